The first-order chi connectivity index (χ1) is 16.1. The molecule has 0 unspecified atom stereocenters. The summed E-state index contributed by atoms with van der Waals surface area (Å²) in [6.07, 6.45) is 0.973. The number of hydrogen-bond acceptors (Lipinski definition) is 8. The van der Waals surface area contributed by atoms with E-state index in [0.29, 0.717) is 49.6 Å². The molecule has 0 aliphatic carbocycles. The van der Waals surface area contributed by atoms with Crippen LogP contribution in [-0.2, 0) is 0 Å². The third-order valence-corrected chi connectivity index (χ3v) is 6.08. The summed E-state index contributed by atoms with van der Waals surface area (Å²) in [4.78, 5) is 11.7. The van der Waals surface area contributed by atoms with E-state index in [0.717, 1.165) is 40.8 Å². The van der Waals surface area contributed by atoms with Gasteiger partial charge in [0.2, 0.25) is 5.95 Å². The summed E-state index contributed by atoms with van der Waals surface area (Å²) in [7, 11) is 0. The molecule has 0 fully saturated rings. The first kappa shape index (κ1) is 20.9. The van der Waals surface area contributed by atoms with Gasteiger partial charge in [0.05, 0.1) is 36.7 Å². The normalized spacial score (nSPS) is 16.9. The zero-order chi connectivity index (χ0) is 22.9. The number of rotatable bonds is 5. The predicted octanol–water partition coefficient (Wildman–Crippen LogP) is 3.53. The van der Waals surface area contributed by atoms with Crippen molar-refractivity contribution in [1.82, 2.24) is 9.55 Å². The van der Waals surface area contributed by atoms with Gasteiger partial charge >= 0.3 is 0 Å². The first-order valence-electron chi connectivity index (χ1n) is 11.2. The minimum atomic E-state index is -0.362. The van der Waals surface area contributed by atoms with Crippen LogP contribution >= 0.6 is 0 Å². The molecule has 3 aromatic rings. The van der Waals surface area contributed by atoms with Crippen molar-refractivity contribution in [2.45, 2.75) is 32.9 Å². The third-order valence-electron chi connectivity index (χ3n) is 6.08. The number of benzene rings is 2. The number of nitrogens with one attached hydrogen (secondary N) is 1. The number of anilines is 2. The standard InChI is InChI=1S/C24H27N7O2/c1-3-30(9-4-8-25)16-6-7-17(15(2)12-16)22-28-23(26)29-24-27-18-13-20-21(14-19(18)31(22)24)33-11-5-10-32-20/h6-7,12-14,22H,3-5,9-11H2,1-2H3,(H3,26,27,28,29)/t22-/m0/s1. The van der Waals surface area contributed by atoms with Crippen molar-refractivity contribution in [2.75, 3.05) is 36.5 Å². The van der Waals surface area contributed by atoms with Crippen LogP contribution in [0.5, 0.6) is 11.5 Å². The predicted molar refractivity (Wildman–Crippen MR) is 128 cm³/mol. The molecule has 170 valence electrons. The van der Waals surface area contributed by atoms with Crippen molar-refractivity contribution in [1.29, 1.82) is 5.26 Å². The monoisotopic (exact) mass is 445 g/mol. The number of aryl methyl sites for hydroxylation is 1. The molecule has 0 saturated heterocycles. The van der Waals surface area contributed by atoms with Crippen LogP contribution in [0.3, 0.4) is 0 Å². The number of guanidine groups is 1. The summed E-state index contributed by atoms with van der Waals surface area (Å²) in [5, 5.41) is 12.1. The molecule has 2 aromatic carbocycles. The van der Waals surface area contributed by atoms with Gasteiger partial charge in [0, 0.05) is 42.9 Å². The average Bonchev–Trinajstić information content (AvgIpc) is 2.98. The van der Waals surface area contributed by atoms with Crippen molar-refractivity contribution in [3.8, 4) is 17.6 Å². The topological polar surface area (TPSA) is 114 Å². The maximum Gasteiger partial charge on any atom is 0.212 e. The Bertz CT molecular complexity index is 1270. The lowest BCUT2D eigenvalue weighted by molar-refractivity contribution is 0.297. The summed E-state index contributed by atoms with van der Waals surface area (Å²) in [6, 6.07) is 12.4. The van der Waals surface area contributed by atoms with Gasteiger partial charge in [0.1, 0.15) is 0 Å². The molecule has 0 bridgehead atoms. The summed E-state index contributed by atoms with van der Waals surface area (Å²) in [5.41, 5.74) is 11.0. The Morgan fingerprint density at radius 2 is 2.03 bits per heavy atom. The van der Waals surface area contributed by atoms with Crippen LogP contribution in [-0.4, -0.2) is 41.8 Å². The molecule has 3 N–H and O–H groups in total. The molecule has 1 aromatic heterocycles. The Morgan fingerprint density at radius 3 is 2.76 bits per heavy atom. The van der Waals surface area contributed by atoms with Crippen LogP contribution in [0.15, 0.2) is 35.3 Å². The van der Waals surface area contributed by atoms with Crippen molar-refractivity contribution < 1.29 is 9.47 Å². The molecule has 3 heterocycles. The Morgan fingerprint density at radius 1 is 1.24 bits per heavy atom. The lowest BCUT2D eigenvalue weighted by Gasteiger charge is -2.27. The maximum absolute atomic E-state index is 8.97. The highest BCUT2D eigenvalue weighted by molar-refractivity contribution is 5.95. The van der Waals surface area contributed by atoms with Crippen LogP contribution < -0.4 is 25.4 Å². The van der Waals surface area contributed by atoms with Crippen LogP contribution in [0.4, 0.5) is 11.6 Å². The number of nitrogens with zero attached hydrogens (tertiary/aromatic N) is 5. The van der Waals surface area contributed by atoms with E-state index in [2.05, 4.69) is 52.9 Å². The number of ether oxygens (including phenoxy) is 2. The van der Waals surface area contributed by atoms with E-state index in [1.807, 2.05) is 12.1 Å². The van der Waals surface area contributed by atoms with Crippen molar-refractivity contribution in [3.63, 3.8) is 0 Å². The van der Waals surface area contributed by atoms with Crippen molar-refractivity contribution in [3.05, 3.63) is 41.5 Å². The van der Waals surface area contributed by atoms with E-state index in [9.17, 15) is 0 Å². The van der Waals surface area contributed by atoms with Crippen LogP contribution in [0.2, 0.25) is 0 Å². The van der Waals surface area contributed by atoms with E-state index in [1.54, 1.807) is 0 Å². The fourth-order valence-electron chi connectivity index (χ4n) is 4.43. The lowest BCUT2D eigenvalue weighted by Crippen LogP contribution is -2.31. The zero-order valence-electron chi connectivity index (χ0n) is 18.8. The quantitative estimate of drug-likeness (QED) is 0.617. The summed E-state index contributed by atoms with van der Waals surface area (Å²) in [6.45, 7) is 6.95. The molecular formula is C24H27N7O2. The highest BCUT2D eigenvalue weighted by Crippen LogP contribution is 2.39. The van der Waals surface area contributed by atoms with Crippen LogP contribution in [0, 0.1) is 18.3 Å². The van der Waals surface area contributed by atoms with Gasteiger partial charge in [-0.3, -0.25) is 9.88 Å². The highest BCUT2D eigenvalue weighted by atomic mass is 16.5. The summed E-state index contributed by atoms with van der Waals surface area (Å²) in [5.74, 6) is 2.38. The second-order valence-corrected chi connectivity index (χ2v) is 8.19. The minimum absolute atomic E-state index is 0.324. The second-order valence-electron chi connectivity index (χ2n) is 8.19. The molecule has 2 aliphatic heterocycles. The smallest absolute Gasteiger partial charge is 0.212 e. The molecular weight excluding hydrogens is 418 g/mol. The minimum Gasteiger partial charge on any atom is -0.489 e. The van der Waals surface area contributed by atoms with Gasteiger partial charge in [-0.05, 0) is 31.5 Å². The van der Waals surface area contributed by atoms with Crippen molar-refractivity contribution >= 4 is 28.6 Å². The molecule has 9 nitrogen and oxygen atoms in total. The number of fused-ring (bicyclic) bond motifs is 4. The molecule has 2 aliphatic rings. The second kappa shape index (κ2) is 8.54. The molecule has 0 spiro atoms. The Hall–Kier alpha value is -3.93. The van der Waals surface area contributed by atoms with E-state index >= 15 is 0 Å². The Labute approximate surface area is 192 Å². The van der Waals surface area contributed by atoms with Gasteiger partial charge in [0.15, 0.2) is 23.6 Å². The molecule has 0 saturated carbocycles. The van der Waals surface area contributed by atoms with Gasteiger partial charge in [-0.1, -0.05) is 6.07 Å². The first-order valence-corrected chi connectivity index (χ1v) is 11.2. The molecule has 5 rings (SSSR count). The van der Waals surface area contributed by atoms with Crippen LogP contribution in [0.25, 0.3) is 11.0 Å². The number of nitrogens with two attached hydrogens (primary N) is 1. The lowest BCUT2D eigenvalue weighted by atomic mass is 10.0. The fraction of sp³-hybridized carbons (Fsp3) is 0.375. The third kappa shape index (κ3) is 3.78. The van der Waals surface area contributed by atoms with E-state index in [-0.39, 0.29) is 6.17 Å². The van der Waals surface area contributed by atoms with Gasteiger partial charge in [-0.2, -0.15) is 5.26 Å². The number of hydrogen-bond donors (Lipinski definition) is 2. The highest BCUT2D eigenvalue weighted by Gasteiger charge is 2.28. The molecule has 0 radical (unpaired) electrons. The van der Waals surface area contributed by atoms with Gasteiger partial charge in [0.25, 0.3) is 0 Å². The fourth-order valence-corrected chi connectivity index (χ4v) is 4.43. The molecule has 0 amide bonds. The number of nitriles is 1. The Balaban J connectivity index is 1.58. The molecule has 1 atom stereocenters. The van der Waals surface area contributed by atoms with Crippen LogP contribution in [0.1, 0.15) is 37.1 Å². The average molecular weight is 446 g/mol. The zero-order valence-corrected chi connectivity index (χ0v) is 18.8. The van der Waals surface area contributed by atoms with E-state index in [4.69, 9.17) is 30.4 Å². The number of aliphatic imine (C=N–C) groups is 1. The summed E-state index contributed by atoms with van der Waals surface area (Å²) < 4.78 is 13.8. The van der Waals surface area contributed by atoms with Gasteiger partial charge in [-0.15, -0.1) is 0 Å². The van der Waals surface area contributed by atoms with Gasteiger partial charge < -0.3 is 20.1 Å². The number of imidazole rings is 1. The van der Waals surface area contributed by atoms with E-state index in [1.165, 1.54) is 0 Å². The largest absolute Gasteiger partial charge is 0.489 e. The maximum atomic E-state index is 8.97. The summed E-state index contributed by atoms with van der Waals surface area (Å²) >= 11 is 0. The SMILES string of the molecule is CCN(CCC#N)c1ccc([C@H]2N=C(N)Nc3nc4cc5c(cc4n32)OCCCO5)c(C)c1. The van der Waals surface area contributed by atoms with E-state index < -0.39 is 0 Å². The van der Waals surface area contributed by atoms with Gasteiger partial charge in [-0.25, -0.2) is 9.98 Å². The Kier molecular flexibility index (Phi) is 5.42. The van der Waals surface area contributed by atoms with Crippen molar-refractivity contribution in [2.24, 2.45) is 10.7 Å². The number of aromatic nitrogens is 2. The molecule has 9 heteroatoms. The molecule has 33 heavy (non-hydrogen) atoms.